The minimum atomic E-state index is -0.803. The lowest BCUT2D eigenvalue weighted by atomic mass is 10.0. The van der Waals surface area contributed by atoms with Crippen LogP contribution in [0.5, 0.6) is 0 Å². The molecular formula is C12H18N2O. The molecule has 0 aromatic carbocycles. The van der Waals surface area contributed by atoms with Crippen molar-refractivity contribution in [2.24, 2.45) is 0 Å². The van der Waals surface area contributed by atoms with E-state index in [0.29, 0.717) is 0 Å². The smallest absolute Gasteiger partial charge is 0.0856 e. The first kappa shape index (κ1) is 10.4. The van der Waals surface area contributed by atoms with Crippen molar-refractivity contribution in [2.75, 3.05) is 18.0 Å². The minimum Gasteiger partial charge on any atom is -0.386 e. The highest BCUT2D eigenvalue weighted by Crippen LogP contribution is 2.25. The molecule has 1 aromatic rings. The van der Waals surface area contributed by atoms with Crippen LogP contribution < -0.4 is 4.90 Å². The van der Waals surface area contributed by atoms with Gasteiger partial charge in [-0.05, 0) is 32.8 Å². The van der Waals surface area contributed by atoms with Crippen molar-refractivity contribution in [3.8, 4) is 0 Å². The maximum Gasteiger partial charge on any atom is 0.0856 e. The fourth-order valence-corrected chi connectivity index (χ4v) is 1.91. The monoisotopic (exact) mass is 206 g/mol. The van der Waals surface area contributed by atoms with Crippen molar-refractivity contribution in [1.29, 1.82) is 0 Å². The number of rotatable bonds is 2. The first-order valence-electron chi connectivity index (χ1n) is 5.50. The van der Waals surface area contributed by atoms with Gasteiger partial charge in [-0.25, -0.2) is 0 Å². The molecule has 0 amide bonds. The largest absolute Gasteiger partial charge is 0.386 e. The molecule has 3 nitrogen and oxygen atoms in total. The molecule has 2 rings (SSSR count). The second-order valence-electron chi connectivity index (χ2n) is 4.68. The predicted molar refractivity (Wildman–Crippen MR) is 60.9 cm³/mol. The van der Waals surface area contributed by atoms with E-state index in [4.69, 9.17) is 0 Å². The number of aromatic nitrogens is 1. The summed E-state index contributed by atoms with van der Waals surface area (Å²) < 4.78 is 0. The lowest BCUT2D eigenvalue weighted by molar-refractivity contribution is 0.0782. The highest BCUT2D eigenvalue weighted by Gasteiger charge is 2.19. The maximum absolute atomic E-state index is 9.90. The fourth-order valence-electron chi connectivity index (χ4n) is 1.91. The van der Waals surface area contributed by atoms with Crippen molar-refractivity contribution in [3.63, 3.8) is 0 Å². The number of hydrogen-bond acceptors (Lipinski definition) is 3. The average molecular weight is 206 g/mol. The van der Waals surface area contributed by atoms with Crippen molar-refractivity contribution in [3.05, 3.63) is 24.0 Å². The molecule has 1 saturated heterocycles. The second-order valence-corrected chi connectivity index (χ2v) is 4.68. The Morgan fingerprint density at radius 2 is 1.93 bits per heavy atom. The lowest BCUT2D eigenvalue weighted by Crippen LogP contribution is -2.20. The molecular weight excluding hydrogens is 188 g/mol. The van der Waals surface area contributed by atoms with Crippen LogP contribution in [0.1, 0.15) is 32.3 Å². The third-order valence-electron chi connectivity index (χ3n) is 2.90. The highest BCUT2D eigenvalue weighted by molar-refractivity contribution is 5.47. The number of hydrogen-bond donors (Lipinski definition) is 1. The molecule has 1 aromatic heterocycles. The van der Waals surface area contributed by atoms with Gasteiger partial charge in [0.25, 0.3) is 0 Å². The Bertz CT molecular complexity index is 338. The van der Waals surface area contributed by atoms with Gasteiger partial charge in [0.05, 0.1) is 17.5 Å². The number of pyridine rings is 1. The molecule has 0 atom stereocenters. The molecule has 2 heterocycles. The van der Waals surface area contributed by atoms with Crippen LogP contribution in [-0.4, -0.2) is 23.2 Å². The van der Waals surface area contributed by atoms with E-state index in [1.807, 2.05) is 12.3 Å². The number of anilines is 1. The summed E-state index contributed by atoms with van der Waals surface area (Å²) in [4.78, 5) is 6.52. The Balaban J connectivity index is 2.26. The predicted octanol–water partition coefficient (Wildman–Crippen LogP) is 1.91. The molecule has 1 N–H and O–H groups in total. The van der Waals surface area contributed by atoms with E-state index in [-0.39, 0.29) is 0 Å². The average Bonchev–Trinajstić information content (AvgIpc) is 2.69. The van der Waals surface area contributed by atoms with Crippen LogP contribution in [0.25, 0.3) is 0 Å². The van der Waals surface area contributed by atoms with Gasteiger partial charge in [0.2, 0.25) is 0 Å². The van der Waals surface area contributed by atoms with Crippen molar-refractivity contribution >= 4 is 5.69 Å². The molecule has 1 aliphatic rings. The molecule has 15 heavy (non-hydrogen) atoms. The zero-order valence-corrected chi connectivity index (χ0v) is 9.40. The number of nitrogens with zero attached hydrogens (tertiary/aromatic N) is 2. The van der Waals surface area contributed by atoms with Gasteiger partial charge in [-0.3, -0.25) is 4.98 Å². The van der Waals surface area contributed by atoms with E-state index < -0.39 is 5.60 Å². The lowest BCUT2D eigenvalue weighted by Gasteiger charge is -2.22. The molecule has 1 aliphatic heterocycles. The van der Waals surface area contributed by atoms with Crippen LogP contribution >= 0.6 is 0 Å². The van der Waals surface area contributed by atoms with Gasteiger partial charge in [-0.1, -0.05) is 0 Å². The molecule has 0 spiro atoms. The summed E-state index contributed by atoms with van der Waals surface area (Å²) >= 11 is 0. The van der Waals surface area contributed by atoms with E-state index in [1.54, 1.807) is 20.0 Å². The van der Waals surface area contributed by atoms with Gasteiger partial charge in [-0.2, -0.15) is 0 Å². The fraction of sp³-hybridized carbons (Fsp3) is 0.583. The van der Waals surface area contributed by atoms with Gasteiger partial charge in [-0.15, -0.1) is 0 Å². The van der Waals surface area contributed by atoms with Gasteiger partial charge in [0.15, 0.2) is 0 Å². The van der Waals surface area contributed by atoms with Gasteiger partial charge in [0.1, 0.15) is 0 Å². The molecule has 0 saturated carbocycles. The summed E-state index contributed by atoms with van der Waals surface area (Å²) in [6, 6.07) is 2.04. The van der Waals surface area contributed by atoms with E-state index >= 15 is 0 Å². The second kappa shape index (κ2) is 3.81. The Labute approximate surface area is 90.8 Å². The van der Waals surface area contributed by atoms with E-state index in [9.17, 15) is 5.11 Å². The molecule has 3 heteroatoms. The maximum atomic E-state index is 9.90. The third-order valence-corrected chi connectivity index (χ3v) is 2.90. The standard InChI is InChI=1S/C12H18N2O/c1-12(2,15)10-7-11(9-13-8-10)14-5-3-4-6-14/h7-9,15H,3-6H2,1-2H3. The Kier molecular flexibility index (Phi) is 2.65. The zero-order chi connectivity index (χ0) is 10.9. The summed E-state index contributed by atoms with van der Waals surface area (Å²) in [6.07, 6.45) is 6.12. The zero-order valence-electron chi connectivity index (χ0n) is 9.40. The van der Waals surface area contributed by atoms with Crippen LogP contribution in [0.3, 0.4) is 0 Å². The third kappa shape index (κ3) is 2.29. The summed E-state index contributed by atoms with van der Waals surface area (Å²) in [6.45, 7) is 5.80. The van der Waals surface area contributed by atoms with E-state index in [0.717, 1.165) is 24.3 Å². The molecule has 0 aliphatic carbocycles. The first-order chi connectivity index (χ1) is 7.07. The van der Waals surface area contributed by atoms with E-state index in [2.05, 4.69) is 9.88 Å². The molecule has 0 unspecified atom stereocenters. The first-order valence-corrected chi connectivity index (χ1v) is 5.50. The number of aliphatic hydroxyl groups is 1. The topological polar surface area (TPSA) is 36.4 Å². The van der Waals surface area contributed by atoms with Crippen LogP contribution in [-0.2, 0) is 5.60 Å². The molecule has 0 bridgehead atoms. The van der Waals surface area contributed by atoms with Gasteiger partial charge < -0.3 is 10.0 Å². The summed E-state index contributed by atoms with van der Waals surface area (Å²) in [7, 11) is 0. The van der Waals surface area contributed by atoms with Crippen LogP contribution in [0, 0.1) is 0 Å². The summed E-state index contributed by atoms with van der Waals surface area (Å²) in [5.74, 6) is 0. The Morgan fingerprint density at radius 1 is 1.27 bits per heavy atom. The normalized spacial score (nSPS) is 17.1. The van der Waals surface area contributed by atoms with Gasteiger partial charge >= 0.3 is 0 Å². The molecule has 0 radical (unpaired) electrons. The Morgan fingerprint density at radius 3 is 2.53 bits per heavy atom. The Hall–Kier alpha value is -1.09. The molecule has 82 valence electrons. The van der Waals surface area contributed by atoms with Crippen LogP contribution in [0.4, 0.5) is 5.69 Å². The highest BCUT2D eigenvalue weighted by atomic mass is 16.3. The SMILES string of the molecule is CC(C)(O)c1cncc(N2CCCC2)c1. The van der Waals surface area contributed by atoms with Crippen LogP contribution in [0.2, 0.25) is 0 Å². The van der Waals surface area contributed by atoms with Crippen molar-refractivity contribution in [1.82, 2.24) is 4.98 Å². The molecule has 1 fully saturated rings. The van der Waals surface area contributed by atoms with Gasteiger partial charge in [0, 0.05) is 24.8 Å². The van der Waals surface area contributed by atoms with E-state index in [1.165, 1.54) is 12.8 Å². The van der Waals surface area contributed by atoms with Crippen molar-refractivity contribution in [2.45, 2.75) is 32.3 Å². The van der Waals surface area contributed by atoms with Crippen LogP contribution in [0.15, 0.2) is 18.5 Å². The quantitative estimate of drug-likeness (QED) is 0.803. The van der Waals surface area contributed by atoms with Crippen molar-refractivity contribution < 1.29 is 5.11 Å². The summed E-state index contributed by atoms with van der Waals surface area (Å²) in [5, 5.41) is 9.90. The summed E-state index contributed by atoms with van der Waals surface area (Å²) in [5.41, 5.74) is 1.21. The minimum absolute atomic E-state index is 0.803.